The van der Waals surface area contributed by atoms with Crippen LogP contribution in [-0.2, 0) is 11.2 Å². The average molecular weight is 443 g/mol. The molecule has 3 rings (SSSR count). The van der Waals surface area contributed by atoms with Gasteiger partial charge in [0.2, 0.25) is 17.7 Å². The van der Waals surface area contributed by atoms with E-state index in [4.69, 9.17) is 9.15 Å². The molecule has 0 aliphatic heterocycles. The second-order valence-corrected chi connectivity index (χ2v) is 7.73. The molecule has 0 saturated carbocycles. The summed E-state index contributed by atoms with van der Waals surface area (Å²) in [5, 5.41) is 11.7. The van der Waals surface area contributed by atoms with Crippen LogP contribution in [0.25, 0.3) is 11.5 Å². The summed E-state index contributed by atoms with van der Waals surface area (Å²) in [5.74, 6) is 0.765. The van der Waals surface area contributed by atoms with Gasteiger partial charge in [-0.15, -0.1) is 10.2 Å². The third-order valence-corrected chi connectivity index (χ3v) is 5.18. The van der Waals surface area contributed by atoms with E-state index in [1.54, 1.807) is 24.3 Å². The largest absolute Gasteiger partial charge is 0.494 e. The Balaban J connectivity index is 1.36. The number of ether oxygens (including phenoxy) is 1. The molecule has 2 aromatic heterocycles. The van der Waals surface area contributed by atoms with Crippen LogP contribution in [0.2, 0.25) is 0 Å². The zero-order valence-corrected chi connectivity index (χ0v) is 18.2. The van der Waals surface area contributed by atoms with E-state index in [2.05, 4.69) is 28.0 Å². The van der Waals surface area contributed by atoms with Crippen LogP contribution in [0.5, 0.6) is 5.75 Å². The fourth-order valence-electron chi connectivity index (χ4n) is 2.76. The van der Waals surface area contributed by atoms with Crippen molar-refractivity contribution in [1.82, 2.24) is 21.0 Å². The van der Waals surface area contributed by atoms with Crippen LogP contribution in [0.3, 0.4) is 0 Å². The summed E-state index contributed by atoms with van der Waals surface area (Å²) in [5.41, 5.74) is 6.08. The molecule has 0 fully saturated rings. The van der Waals surface area contributed by atoms with Crippen LogP contribution >= 0.6 is 11.3 Å². The summed E-state index contributed by atoms with van der Waals surface area (Å²) in [4.78, 5) is 24.2. The molecule has 2 heterocycles. The first-order valence-electron chi connectivity index (χ1n) is 10.3. The Morgan fingerprint density at radius 3 is 2.65 bits per heavy atom. The first-order valence-corrected chi connectivity index (χ1v) is 11.3. The number of aromatic nitrogens is 2. The monoisotopic (exact) mass is 442 g/mol. The number of nitrogens with one attached hydrogen (secondary N) is 2. The molecule has 0 radical (unpaired) electrons. The van der Waals surface area contributed by atoms with Crippen LogP contribution in [0.1, 0.15) is 55.3 Å². The number of nitrogens with zero attached hydrogens (tertiary/aromatic N) is 2. The van der Waals surface area contributed by atoms with Gasteiger partial charge in [0.05, 0.1) is 6.61 Å². The molecule has 0 aliphatic carbocycles. The first kappa shape index (κ1) is 22.5. The number of rotatable bonds is 11. The minimum Gasteiger partial charge on any atom is -0.494 e. The SMILES string of the molecule is CCCCCCOc1ccc(C(=O)NNC(=O)CCc2nnc(-c3ccsc3)o2)cc1. The second-order valence-electron chi connectivity index (χ2n) is 6.95. The lowest BCUT2D eigenvalue weighted by Crippen LogP contribution is -2.41. The van der Waals surface area contributed by atoms with E-state index in [0.29, 0.717) is 24.0 Å². The van der Waals surface area contributed by atoms with Gasteiger partial charge in [0.15, 0.2) is 0 Å². The Morgan fingerprint density at radius 2 is 1.90 bits per heavy atom. The molecule has 1 aromatic carbocycles. The lowest BCUT2D eigenvalue weighted by atomic mass is 10.2. The fraction of sp³-hybridized carbons (Fsp3) is 0.364. The summed E-state index contributed by atoms with van der Waals surface area (Å²) in [6.45, 7) is 2.83. The standard InChI is InChI=1S/C22H26N4O4S/c1-2-3-4-5-13-29-18-8-6-16(7-9-18)21(28)25-23-19(27)10-11-20-24-26-22(30-20)17-12-14-31-15-17/h6-9,12,14-15H,2-5,10-11,13H2,1H3,(H,23,27)(H,25,28). The molecule has 164 valence electrons. The van der Waals surface area contributed by atoms with E-state index in [9.17, 15) is 9.59 Å². The fourth-order valence-corrected chi connectivity index (χ4v) is 3.39. The molecule has 0 atom stereocenters. The maximum absolute atomic E-state index is 12.2. The topological polar surface area (TPSA) is 106 Å². The number of carbonyl (C=O) groups is 2. The lowest BCUT2D eigenvalue weighted by molar-refractivity contribution is -0.121. The summed E-state index contributed by atoms with van der Waals surface area (Å²) in [7, 11) is 0. The van der Waals surface area contributed by atoms with Crippen LogP contribution in [0, 0.1) is 0 Å². The smallest absolute Gasteiger partial charge is 0.269 e. The number of carbonyl (C=O) groups excluding carboxylic acids is 2. The van der Waals surface area contributed by atoms with Gasteiger partial charge in [0.1, 0.15) is 5.75 Å². The number of hydrazine groups is 1. The summed E-state index contributed by atoms with van der Waals surface area (Å²) in [6, 6.07) is 8.70. The highest BCUT2D eigenvalue weighted by Gasteiger charge is 2.12. The van der Waals surface area contributed by atoms with E-state index in [-0.39, 0.29) is 18.7 Å². The van der Waals surface area contributed by atoms with Gasteiger partial charge in [0, 0.05) is 29.3 Å². The van der Waals surface area contributed by atoms with Gasteiger partial charge in [0.25, 0.3) is 5.91 Å². The predicted molar refractivity (Wildman–Crippen MR) is 118 cm³/mol. The van der Waals surface area contributed by atoms with Gasteiger partial charge in [-0.05, 0) is 42.1 Å². The zero-order chi connectivity index (χ0) is 21.9. The maximum atomic E-state index is 12.2. The first-order chi connectivity index (χ1) is 15.2. The minimum absolute atomic E-state index is 0.107. The number of unbranched alkanes of at least 4 members (excludes halogenated alkanes) is 3. The molecule has 0 bridgehead atoms. The van der Waals surface area contributed by atoms with Crippen molar-refractivity contribution in [3.8, 4) is 17.2 Å². The van der Waals surface area contributed by atoms with Gasteiger partial charge in [-0.3, -0.25) is 20.4 Å². The Hall–Kier alpha value is -3.20. The van der Waals surface area contributed by atoms with Crippen molar-refractivity contribution in [1.29, 1.82) is 0 Å². The summed E-state index contributed by atoms with van der Waals surface area (Å²) >= 11 is 1.54. The third-order valence-electron chi connectivity index (χ3n) is 4.50. The predicted octanol–water partition coefficient (Wildman–Crippen LogP) is 4.15. The molecule has 0 unspecified atom stereocenters. The molecule has 0 saturated heterocycles. The maximum Gasteiger partial charge on any atom is 0.269 e. The van der Waals surface area contributed by atoms with Crippen LogP contribution in [0.4, 0.5) is 0 Å². The zero-order valence-electron chi connectivity index (χ0n) is 17.4. The molecule has 0 aliphatic rings. The number of thiophene rings is 1. The number of amides is 2. The van der Waals surface area contributed by atoms with Gasteiger partial charge < -0.3 is 9.15 Å². The number of hydrogen-bond acceptors (Lipinski definition) is 7. The molecule has 8 nitrogen and oxygen atoms in total. The highest BCUT2D eigenvalue weighted by Crippen LogP contribution is 2.20. The Labute approximate surface area is 185 Å². The number of aryl methyl sites for hydroxylation is 1. The van der Waals surface area contributed by atoms with E-state index in [0.717, 1.165) is 24.2 Å². The van der Waals surface area contributed by atoms with Crippen LogP contribution in [0.15, 0.2) is 45.5 Å². The molecule has 3 aromatic rings. The summed E-state index contributed by atoms with van der Waals surface area (Å²) in [6.07, 6.45) is 4.95. The van der Waals surface area contributed by atoms with Crippen molar-refractivity contribution in [3.05, 3.63) is 52.5 Å². The van der Waals surface area contributed by atoms with Gasteiger partial charge in [-0.25, -0.2) is 0 Å². The molecule has 2 amide bonds. The Bertz CT molecular complexity index is 954. The van der Waals surface area contributed by atoms with E-state index in [1.165, 1.54) is 24.2 Å². The molecule has 0 spiro atoms. The molecular formula is C22H26N4O4S. The lowest BCUT2D eigenvalue weighted by Gasteiger charge is -2.08. The van der Waals surface area contributed by atoms with Crippen molar-refractivity contribution in [2.45, 2.75) is 45.4 Å². The quantitative estimate of drug-likeness (QED) is 0.341. The Morgan fingerprint density at radius 1 is 1.06 bits per heavy atom. The van der Waals surface area contributed by atoms with Gasteiger partial charge in [-0.1, -0.05) is 26.2 Å². The molecule has 9 heteroatoms. The van der Waals surface area contributed by atoms with Crippen molar-refractivity contribution >= 4 is 23.2 Å². The van der Waals surface area contributed by atoms with Crippen LogP contribution in [-0.4, -0.2) is 28.6 Å². The minimum atomic E-state index is -0.402. The van der Waals surface area contributed by atoms with Crippen molar-refractivity contribution in [2.24, 2.45) is 0 Å². The molecular weight excluding hydrogens is 416 g/mol. The summed E-state index contributed by atoms with van der Waals surface area (Å²) < 4.78 is 11.2. The van der Waals surface area contributed by atoms with E-state index >= 15 is 0 Å². The van der Waals surface area contributed by atoms with E-state index in [1.807, 2.05) is 16.8 Å². The molecule has 31 heavy (non-hydrogen) atoms. The highest BCUT2D eigenvalue weighted by molar-refractivity contribution is 7.08. The molecule has 2 N–H and O–H groups in total. The van der Waals surface area contributed by atoms with E-state index < -0.39 is 5.91 Å². The third kappa shape index (κ3) is 7.21. The van der Waals surface area contributed by atoms with Crippen molar-refractivity contribution in [3.63, 3.8) is 0 Å². The average Bonchev–Trinajstić information content (AvgIpc) is 3.48. The van der Waals surface area contributed by atoms with Gasteiger partial charge in [-0.2, -0.15) is 11.3 Å². The highest BCUT2D eigenvalue weighted by atomic mass is 32.1. The second kappa shape index (κ2) is 11.8. The van der Waals surface area contributed by atoms with Crippen molar-refractivity contribution < 1.29 is 18.7 Å². The number of hydrogen-bond donors (Lipinski definition) is 2. The van der Waals surface area contributed by atoms with Crippen molar-refractivity contribution in [2.75, 3.05) is 6.61 Å². The number of benzene rings is 1. The van der Waals surface area contributed by atoms with Gasteiger partial charge >= 0.3 is 0 Å². The van der Waals surface area contributed by atoms with Crippen LogP contribution < -0.4 is 15.6 Å². The normalized spacial score (nSPS) is 10.6. The Kier molecular flexibility index (Phi) is 8.59.